The lowest BCUT2D eigenvalue weighted by Crippen LogP contribution is -2.31. The van der Waals surface area contributed by atoms with Gasteiger partial charge in [-0.1, -0.05) is 0 Å². The molecule has 0 aromatic carbocycles. The van der Waals surface area contributed by atoms with Gasteiger partial charge in [-0.2, -0.15) is 0 Å². The zero-order chi connectivity index (χ0) is 6.10. The van der Waals surface area contributed by atoms with Gasteiger partial charge >= 0.3 is 0 Å². The van der Waals surface area contributed by atoms with Gasteiger partial charge in [0, 0.05) is 19.1 Å². The van der Waals surface area contributed by atoms with E-state index in [2.05, 4.69) is 16.2 Å². The molecule has 1 atom stereocenters. The Balaban J connectivity index is 2.10. The van der Waals surface area contributed by atoms with Crippen LogP contribution in [0.2, 0.25) is 0 Å². The molecule has 1 fully saturated rings. The highest BCUT2D eigenvalue weighted by Crippen LogP contribution is 2.20. The lowest BCUT2D eigenvalue weighted by Gasteiger charge is -2.23. The first-order valence-electron chi connectivity index (χ1n) is 3.65. The van der Waals surface area contributed by atoms with Crippen molar-refractivity contribution >= 4 is 6.34 Å². The summed E-state index contributed by atoms with van der Waals surface area (Å²) in [4.78, 5) is 6.35. The fraction of sp³-hybridized carbons (Fsp3) is 0.857. The summed E-state index contributed by atoms with van der Waals surface area (Å²) < 4.78 is 0. The largest absolute Gasteiger partial charge is 0.351 e. The molecule has 9 heavy (non-hydrogen) atoms. The van der Waals surface area contributed by atoms with Crippen molar-refractivity contribution < 1.29 is 0 Å². The lowest BCUT2D eigenvalue weighted by atomic mass is 10.1. The zero-order valence-corrected chi connectivity index (χ0v) is 5.51. The maximum atomic E-state index is 4.10. The summed E-state index contributed by atoms with van der Waals surface area (Å²) in [6.45, 7) is 2.19. The van der Waals surface area contributed by atoms with Gasteiger partial charge in [-0.15, -0.1) is 0 Å². The summed E-state index contributed by atoms with van der Waals surface area (Å²) >= 11 is 0. The van der Waals surface area contributed by atoms with E-state index < -0.39 is 0 Å². The minimum atomic E-state index is 0.794. The van der Waals surface area contributed by atoms with Crippen molar-refractivity contribution in [2.24, 2.45) is 4.99 Å². The number of aliphatic imine (C=N–C) groups is 1. The van der Waals surface area contributed by atoms with Gasteiger partial charge in [0.25, 0.3) is 0 Å². The Hall–Kier alpha value is -0.530. The predicted octanol–water partition coefficient (Wildman–Crippen LogP) is 0.760. The quantitative estimate of drug-likeness (QED) is 0.464. The molecule has 0 amide bonds. The van der Waals surface area contributed by atoms with E-state index in [1.165, 1.54) is 25.8 Å². The van der Waals surface area contributed by atoms with Crippen LogP contribution in [0.15, 0.2) is 4.99 Å². The van der Waals surface area contributed by atoms with Gasteiger partial charge in [-0.3, -0.25) is 4.99 Å². The maximum absolute atomic E-state index is 4.10. The van der Waals surface area contributed by atoms with Crippen molar-refractivity contribution in [3.8, 4) is 0 Å². The Morgan fingerprint density at radius 2 is 2.44 bits per heavy atom. The van der Waals surface area contributed by atoms with Crippen LogP contribution >= 0.6 is 0 Å². The molecule has 49 valence electrons. The lowest BCUT2D eigenvalue weighted by molar-refractivity contribution is 0.365. The molecule has 2 heteroatoms. The molecule has 0 aromatic rings. The molecule has 2 rings (SSSR count). The van der Waals surface area contributed by atoms with Crippen molar-refractivity contribution in [2.75, 3.05) is 13.1 Å². The highest BCUT2D eigenvalue weighted by molar-refractivity contribution is 5.56. The van der Waals surface area contributed by atoms with E-state index in [9.17, 15) is 0 Å². The Morgan fingerprint density at radius 3 is 3.33 bits per heavy atom. The molecule has 2 nitrogen and oxygen atoms in total. The van der Waals surface area contributed by atoms with Crippen LogP contribution in [-0.2, 0) is 0 Å². The van der Waals surface area contributed by atoms with E-state index in [0.717, 1.165) is 12.6 Å². The first-order chi connectivity index (χ1) is 4.47. The Labute approximate surface area is 55.6 Å². The van der Waals surface area contributed by atoms with Crippen LogP contribution in [-0.4, -0.2) is 30.4 Å². The smallest absolute Gasteiger partial charge is 0.167 e. The number of hydrogen-bond donors (Lipinski definition) is 0. The average molecular weight is 123 g/mol. The summed E-state index contributed by atoms with van der Waals surface area (Å²) in [5.41, 5.74) is 0. The molecule has 1 saturated heterocycles. The van der Waals surface area contributed by atoms with Crippen molar-refractivity contribution in [1.82, 2.24) is 4.90 Å². The van der Waals surface area contributed by atoms with Crippen LogP contribution in [0, 0.1) is 0 Å². The van der Waals surface area contributed by atoms with Crippen LogP contribution in [0.4, 0.5) is 0 Å². The fourth-order valence-corrected chi connectivity index (χ4v) is 1.62. The molecule has 0 aliphatic carbocycles. The Bertz CT molecular complexity index is 131. The predicted molar refractivity (Wildman–Crippen MR) is 36.6 cm³/mol. The van der Waals surface area contributed by atoms with Gasteiger partial charge in [0.2, 0.25) is 0 Å². The molecule has 1 unspecified atom stereocenters. The van der Waals surface area contributed by atoms with Gasteiger partial charge in [0.15, 0.2) is 6.34 Å². The molecular weight excluding hydrogens is 112 g/mol. The molecule has 2 aliphatic rings. The van der Waals surface area contributed by atoms with Crippen LogP contribution in [0.25, 0.3) is 0 Å². The molecule has 0 N–H and O–H groups in total. The van der Waals surface area contributed by atoms with E-state index in [4.69, 9.17) is 0 Å². The molecular formula is C7H11N2. The van der Waals surface area contributed by atoms with E-state index in [0.29, 0.717) is 0 Å². The average Bonchev–Trinajstić information content (AvgIpc) is 2.33. The van der Waals surface area contributed by atoms with E-state index in [-0.39, 0.29) is 0 Å². The number of hydrogen-bond acceptors (Lipinski definition) is 2. The second-order valence-electron chi connectivity index (χ2n) is 2.76. The summed E-state index contributed by atoms with van der Waals surface area (Å²) in [5, 5.41) is 0. The second-order valence-corrected chi connectivity index (χ2v) is 2.76. The SMILES string of the molecule is [C]1=NCCC2CCCN12. The van der Waals surface area contributed by atoms with E-state index in [1.807, 2.05) is 0 Å². The standard InChI is InChI=1S/C7H11N2/c1-2-7-3-4-8-6-9(7)5-1/h7H,1-5H2. The van der Waals surface area contributed by atoms with Crippen LogP contribution < -0.4 is 0 Å². The highest BCUT2D eigenvalue weighted by atomic mass is 15.2. The molecule has 0 spiro atoms. The van der Waals surface area contributed by atoms with Crippen molar-refractivity contribution in [2.45, 2.75) is 25.3 Å². The van der Waals surface area contributed by atoms with Crippen molar-refractivity contribution in [3.05, 3.63) is 0 Å². The number of nitrogens with zero attached hydrogens (tertiary/aromatic N) is 2. The number of rotatable bonds is 0. The van der Waals surface area contributed by atoms with E-state index in [1.54, 1.807) is 0 Å². The van der Waals surface area contributed by atoms with Gasteiger partial charge in [0.1, 0.15) is 0 Å². The summed E-state index contributed by atoms with van der Waals surface area (Å²) in [5.74, 6) is 0. The Morgan fingerprint density at radius 1 is 1.44 bits per heavy atom. The molecule has 0 aromatic heterocycles. The van der Waals surface area contributed by atoms with Crippen molar-refractivity contribution in [1.29, 1.82) is 0 Å². The maximum Gasteiger partial charge on any atom is 0.167 e. The van der Waals surface area contributed by atoms with Crippen LogP contribution in [0.3, 0.4) is 0 Å². The van der Waals surface area contributed by atoms with Gasteiger partial charge < -0.3 is 4.90 Å². The monoisotopic (exact) mass is 123 g/mol. The summed E-state index contributed by atoms with van der Waals surface area (Å²) in [6, 6.07) is 0.794. The normalized spacial score (nSPS) is 32.9. The van der Waals surface area contributed by atoms with E-state index >= 15 is 0 Å². The molecule has 0 bridgehead atoms. The highest BCUT2D eigenvalue weighted by Gasteiger charge is 2.23. The third-order valence-electron chi connectivity index (χ3n) is 2.15. The van der Waals surface area contributed by atoms with Gasteiger partial charge in [-0.05, 0) is 19.3 Å². The Kier molecular flexibility index (Phi) is 1.18. The molecule has 1 radical (unpaired) electrons. The minimum Gasteiger partial charge on any atom is -0.351 e. The molecule has 2 heterocycles. The van der Waals surface area contributed by atoms with Crippen molar-refractivity contribution in [3.63, 3.8) is 0 Å². The second kappa shape index (κ2) is 2.01. The third-order valence-corrected chi connectivity index (χ3v) is 2.15. The number of fused-ring (bicyclic) bond motifs is 1. The molecule has 0 saturated carbocycles. The minimum absolute atomic E-state index is 0.794. The topological polar surface area (TPSA) is 15.6 Å². The molecule has 2 aliphatic heterocycles. The van der Waals surface area contributed by atoms with Gasteiger partial charge in [-0.25, -0.2) is 0 Å². The van der Waals surface area contributed by atoms with Crippen LogP contribution in [0.5, 0.6) is 0 Å². The summed E-state index contributed by atoms with van der Waals surface area (Å²) in [7, 11) is 0. The zero-order valence-electron chi connectivity index (χ0n) is 5.51. The fourth-order valence-electron chi connectivity index (χ4n) is 1.62. The first-order valence-corrected chi connectivity index (χ1v) is 3.65. The summed E-state index contributed by atoms with van der Waals surface area (Å²) in [6.07, 6.45) is 7.00. The van der Waals surface area contributed by atoms with Gasteiger partial charge in [0.05, 0.1) is 0 Å². The first kappa shape index (κ1) is 5.27. The third kappa shape index (κ3) is 0.824. The van der Waals surface area contributed by atoms with Crippen LogP contribution in [0.1, 0.15) is 19.3 Å².